The van der Waals surface area contributed by atoms with Crippen molar-refractivity contribution >= 4 is 15.9 Å². The van der Waals surface area contributed by atoms with Crippen molar-refractivity contribution in [2.75, 3.05) is 27.3 Å². The van der Waals surface area contributed by atoms with Crippen molar-refractivity contribution in [3.05, 3.63) is 53.1 Å². The van der Waals surface area contributed by atoms with E-state index in [1.165, 1.54) is 10.4 Å². The van der Waals surface area contributed by atoms with Crippen molar-refractivity contribution in [2.45, 2.75) is 31.2 Å². The highest BCUT2D eigenvalue weighted by molar-refractivity contribution is 7.89. The number of nitrogens with zero attached hydrogens (tertiary/aromatic N) is 1. The van der Waals surface area contributed by atoms with Crippen molar-refractivity contribution in [1.82, 2.24) is 9.62 Å². The van der Waals surface area contributed by atoms with Crippen LogP contribution in [0, 0.1) is 6.92 Å². The van der Waals surface area contributed by atoms with Gasteiger partial charge in [0.1, 0.15) is 0 Å². The summed E-state index contributed by atoms with van der Waals surface area (Å²) in [6.07, 6.45) is 1.73. The Morgan fingerprint density at radius 3 is 2.38 bits per heavy atom. The molecule has 0 aromatic heterocycles. The third-order valence-electron chi connectivity index (χ3n) is 5.03. The lowest BCUT2D eigenvalue weighted by atomic mass is 10.1. The van der Waals surface area contributed by atoms with Crippen LogP contribution in [-0.4, -0.2) is 45.9 Å². The van der Waals surface area contributed by atoms with Gasteiger partial charge in [-0.15, -0.1) is 0 Å². The fraction of sp³-hybridized carbons (Fsp3) is 0.381. The van der Waals surface area contributed by atoms with E-state index in [1.54, 1.807) is 45.4 Å². The molecule has 1 saturated heterocycles. The molecule has 0 bridgehead atoms. The predicted octanol–water partition coefficient (Wildman–Crippen LogP) is 2.73. The summed E-state index contributed by atoms with van der Waals surface area (Å²) in [5.74, 6) is 0.851. The van der Waals surface area contributed by atoms with Gasteiger partial charge < -0.3 is 14.8 Å². The first-order valence-corrected chi connectivity index (χ1v) is 10.9. The quantitative estimate of drug-likeness (QED) is 0.747. The van der Waals surface area contributed by atoms with Crippen molar-refractivity contribution in [3.63, 3.8) is 0 Å². The molecule has 0 unspecified atom stereocenters. The van der Waals surface area contributed by atoms with Crippen LogP contribution in [0.1, 0.15) is 34.3 Å². The number of carbonyl (C=O) groups is 1. The molecule has 29 heavy (non-hydrogen) atoms. The molecule has 1 amide bonds. The lowest BCUT2D eigenvalue weighted by molar-refractivity contribution is 0.0950. The Morgan fingerprint density at radius 2 is 1.72 bits per heavy atom. The van der Waals surface area contributed by atoms with Crippen molar-refractivity contribution in [2.24, 2.45) is 0 Å². The van der Waals surface area contributed by atoms with Crippen LogP contribution < -0.4 is 14.8 Å². The molecule has 0 radical (unpaired) electrons. The second-order valence-electron chi connectivity index (χ2n) is 6.96. The molecule has 1 heterocycles. The molecule has 3 rings (SSSR count). The molecule has 1 N–H and O–H groups in total. The van der Waals surface area contributed by atoms with Crippen LogP contribution in [0.5, 0.6) is 11.5 Å². The van der Waals surface area contributed by atoms with E-state index in [4.69, 9.17) is 9.47 Å². The molecule has 2 aromatic carbocycles. The van der Waals surface area contributed by atoms with Gasteiger partial charge >= 0.3 is 0 Å². The minimum Gasteiger partial charge on any atom is -0.493 e. The summed E-state index contributed by atoms with van der Waals surface area (Å²) in [6, 6.07) is 10.2. The Hall–Kier alpha value is -2.58. The lowest BCUT2D eigenvalue weighted by Gasteiger charge is -2.18. The lowest BCUT2D eigenvalue weighted by Crippen LogP contribution is -2.29. The molecule has 0 atom stereocenters. The number of ether oxygens (including phenoxy) is 2. The highest BCUT2D eigenvalue weighted by Gasteiger charge is 2.29. The van der Waals surface area contributed by atoms with Gasteiger partial charge in [0.05, 0.1) is 19.1 Å². The Labute approximate surface area is 171 Å². The highest BCUT2D eigenvalue weighted by Crippen LogP contribution is 2.28. The van der Waals surface area contributed by atoms with Crippen molar-refractivity contribution in [1.29, 1.82) is 0 Å². The maximum atomic E-state index is 12.9. The SMILES string of the molecule is COc1ccc(CNC(=O)c2ccc(C)c(S(=O)(=O)N3CCCC3)c2)cc1OC. The molecule has 1 fully saturated rings. The van der Waals surface area contributed by atoms with Gasteiger partial charge in [-0.05, 0) is 55.2 Å². The number of benzene rings is 2. The van der Waals surface area contributed by atoms with Gasteiger partial charge in [0, 0.05) is 25.2 Å². The van der Waals surface area contributed by atoms with Gasteiger partial charge in [-0.2, -0.15) is 4.31 Å². The van der Waals surface area contributed by atoms with Gasteiger partial charge in [0.15, 0.2) is 11.5 Å². The van der Waals surface area contributed by atoms with E-state index in [-0.39, 0.29) is 17.3 Å². The van der Waals surface area contributed by atoms with Crippen LogP contribution in [0.2, 0.25) is 0 Å². The molecule has 0 aliphatic carbocycles. The van der Waals surface area contributed by atoms with Crippen molar-refractivity contribution in [3.8, 4) is 11.5 Å². The molecule has 156 valence electrons. The molecule has 7 nitrogen and oxygen atoms in total. The Balaban J connectivity index is 1.76. The Kier molecular flexibility index (Phi) is 6.44. The van der Waals surface area contributed by atoms with Crippen LogP contribution in [0.25, 0.3) is 0 Å². The Morgan fingerprint density at radius 1 is 1.03 bits per heavy atom. The predicted molar refractivity (Wildman–Crippen MR) is 110 cm³/mol. The third-order valence-corrected chi connectivity index (χ3v) is 7.07. The number of sulfonamides is 1. The van der Waals surface area contributed by atoms with E-state index >= 15 is 0 Å². The topological polar surface area (TPSA) is 84.9 Å². The number of nitrogens with one attached hydrogen (secondary N) is 1. The average Bonchev–Trinajstić information content (AvgIpc) is 3.27. The first kappa shape index (κ1) is 21.1. The second-order valence-corrected chi connectivity index (χ2v) is 8.87. The van der Waals surface area contributed by atoms with E-state index in [9.17, 15) is 13.2 Å². The van der Waals surface area contributed by atoms with Gasteiger partial charge in [0.25, 0.3) is 5.91 Å². The number of carbonyl (C=O) groups excluding carboxylic acids is 1. The summed E-state index contributed by atoms with van der Waals surface area (Å²) in [4.78, 5) is 12.8. The summed E-state index contributed by atoms with van der Waals surface area (Å²) in [6.45, 7) is 3.07. The zero-order valence-electron chi connectivity index (χ0n) is 16.9. The van der Waals surface area contributed by atoms with Crippen LogP contribution >= 0.6 is 0 Å². The van der Waals surface area contributed by atoms with Crippen LogP contribution in [-0.2, 0) is 16.6 Å². The molecular weight excluding hydrogens is 392 g/mol. The molecule has 0 spiro atoms. The largest absolute Gasteiger partial charge is 0.493 e. The first-order chi connectivity index (χ1) is 13.9. The van der Waals surface area contributed by atoms with E-state index < -0.39 is 10.0 Å². The standard InChI is InChI=1S/C21H26N2O5S/c1-15-6-8-17(13-20(15)29(25,26)23-10-4-5-11-23)21(24)22-14-16-7-9-18(27-2)19(12-16)28-3/h6-9,12-13H,4-5,10-11,14H2,1-3H3,(H,22,24). The second kappa shape index (κ2) is 8.84. The number of aryl methyl sites for hydroxylation is 1. The van der Waals surface area contributed by atoms with Gasteiger partial charge in [-0.3, -0.25) is 4.79 Å². The Bertz CT molecular complexity index is 998. The summed E-state index contributed by atoms with van der Waals surface area (Å²) >= 11 is 0. The molecule has 1 aliphatic rings. The molecule has 8 heteroatoms. The normalized spacial score (nSPS) is 14.6. The highest BCUT2D eigenvalue weighted by atomic mass is 32.2. The van der Waals surface area contributed by atoms with Gasteiger partial charge in [0.2, 0.25) is 10.0 Å². The zero-order chi connectivity index (χ0) is 21.0. The molecule has 1 aliphatic heterocycles. The number of hydrogen-bond acceptors (Lipinski definition) is 5. The molecule has 2 aromatic rings. The minimum absolute atomic E-state index is 0.193. The van der Waals surface area contributed by atoms with E-state index in [1.807, 2.05) is 6.07 Å². The number of amides is 1. The van der Waals surface area contributed by atoms with Crippen LogP contribution in [0.4, 0.5) is 0 Å². The number of hydrogen-bond donors (Lipinski definition) is 1. The summed E-state index contributed by atoms with van der Waals surface area (Å²) < 4.78 is 37.8. The summed E-state index contributed by atoms with van der Waals surface area (Å²) in [5.41, 5.74) is 1.79. The van der Waals surface area contributed by atoms with E-state index in [0.717, 1.165) is 18.4 Å². The summed E-state index contributed by atoms with van der Waals surface area (Å²) in [5, 5.41) is 2.83. The fourth-order valence-electron chi connectivity index (χ4n) is 3.36. The maximum absolute atomic E-state index is 12.9. The smallest absolute Gasteiger partial charge is 0.251 e. The van der Waals surface area contributed by atoms with Crippen LogP contribution in [0.15, 0.2) is 41.3 Å². The number of rotatable bonds is 7. The average molecular weight is 419 g/mol. The molecular formula is C21H26N2O5S. The zero-order valence-corrected chi connectivity index (χ0v) is 17.7. The fourth-order valence-corrected chi connectivity index (χ4v) is 5.13. The first-order valence-electron chi connectivity index (χ1n) is 9.46. The number of methoxy groups -OCH3 is 2. The summed E-state index contributed by atoms with van der Waals surface area (Å²) in [7, 11) is -0.476. The third kappa shape index (κ3) is 4.54. The maximum Gasteiger partial charge on any atom is 0.251 e. The van der Waals surface area contributed by atoms with Gasteiger partial charge in [-0.1, -0.05) is 12.1 Å². The van der Waals surface area contributed by atoms with E-state index in [0.29, 0.717) is 35.7 Å². The molecule has 0 saturated carbocycles. The van der Waals surface area contributed by atoms with Gasteiger partial charge in [-0.25, -0.2) is 8.42 Å². The van der Waals surface area contributed by atoms with Crippen molar-refractivity contribution < 1.29 is 22.7 Å². The van der Waals surface area contributed by atoms with Crippen LogP contribution in [0.3, 0.4) is 0 Å². The van der Waals surface area contributed by atoms with E-state index in [2.05, 4.69) is 5.32 Å². The monoisotopic (exact) mass is 418 g/mol. The minimum atomic E-state index is -3.59.